The quantitative estimate of drug-likeness (QED) is 0.400. The van der Waals surface area contributed by atoms with Crippen LogP contribution in [0, 0.1) is 0 Å². The van der Waals surface area contributed by atoms with Gasteiger partial charge in [-0.1, -0.05) is 11.5 Å². The van der Waals surface area contributed by atoms with Crippen molar-refractivity contribution >= 4 is 36.9 Å². The number of hydrogen-bond donors (Lipinski definition) is 3. The van der Waals surface area contributed by atoms with Gasteiger partial charge >= 0.3 is 13.6 Å². The van der Waals surface area contributed by atoms with Crippen molar-refractivity contribution in [3.63, 3.8) is 0 Å². The predicted molar refractivity (Wildman–Crippen MR) is 106 cm³/mol. The number of carbonyl (C=O) groups excluding carboxylic acids is 1. The van der Waals surface area contributed by atoms with Crippen LogP contribution < -0.4 is 0 Å². The molecule has 0 unspecified atom stereocenters. The predicted octanol–water partition coefficient (Wildman–Crippen LogP) is 3.46. The lowest BCUT2D eigenvalue weighted by molar-refractivity contribution is -0.0897. The molecule has 0 saturated carbocycles. The van der Waals surface area contributed by atoms with Crippen molar-refractivity contribution in [3.8, 4) is 0 Å². The van der Waals surface area contributed by atoms with Crippen LogP contribution >= 0.6 is 23.3 Å². The molecular formula is C16H31BNO4S2. The molecule has 5 nitrogen and oxygen atoms in total. The molecule has 0 fully saturated rings. The second-order valence-corrected chi connectivity index (χ2v) is 7.76. The summed E-state index contributed by atoms with van der Waals surface area (Å²) in [7, 11) is 1.68. The van der Waals surface area contributed by atoms with Crippen LogP contribution in [-0.4, -0.2) is 53.5 Å². The van der Waals surface area contributed by atoms with E-state index in [-0.39, 0.29) is 6.09 Å². The second-order valence-electron chi connectivity index (χ2n) is 7.76. The van der Waals surface area contributed by atoms with Gasteiger partial charge in [0, 0.05) is 13.1 Å². The van der Waals surface area contributed by atoms with Crippen LogP contribution in [0.15, 0.2) is 11.5 Å². The standard InChI is InChI=1S/C16H29BNO4.H2S2/c1-14(2,3)21-13(19)18-10-8-12(9-11-18)17-22-16(6,7)15(4,5)20;1-2/h8,20H,9-11H2,1-7H3;1-2H. The average molecular weight is 376 g/mol. The number of rotatable bonds is 4. The third-order valence-electron chi connectivity index (χ3n) is 3.87. The highest BCUT2D eigenvalue weighted by molar-refractivity contribution is 8.59. The Bertz CT molecular complexity index is 442. The zero-order valence-electron chi connectivity index (χ0n) is 15.8. The minimum absolute atomic E-state index is 0.291. The van der Waals surface area contributed by atoms with E-state index < -0.39 is 16.8 Å². The summed E-state index contributed by atoms with van der Waals surface area (Å²) >= 11 is 6.44. The fourth-order valence-electron chi connectivity index (χ4n) is 1.65. The molecule has 1 heterocycles. The average Bonchev–Trinajstić information content (AvgIpc) is 2.45. The summed E-state index contributed by atoms with van der Waals surface area (Å²) in [5, 5.41) is 10.1. The van der Waals surface area contributed by atoms with Gasteiger partial charge in [0.15, 0.2) is 0 Å². The molecule has 8 heteroatoms. The lowest BCUT2D eigenvalue weighted by Gasteiger charge is -2.38. The van der Waals surface area contributed by atoms with Crippen molar-refractivity contribution in [2.75, 3.05) is 13.1 Å². The van der Waals surface area contributed by atoms with E-state index in [1.165, 1.54) is 0 Å². The maximum absolute atomic E-state index is 12.0. The Morgan fingerprint density at radius 1 is 1.21 bits per heavy atom. The van der Waals surface area contributed by atoms with Gasteiger partial charge in [-0.15, -0.1) is 23.3 Å². The Labute approximate surface area is 157 Å². The molecule has 1 radical (unpaired) electrons. The monoisotopic (exact) mass is 376 g/mol. The summed E-state index contributed by atoms with van der Waals surface area (Å²) in [5.41, 5.74) is -1.08. The van der Waals surface area contributed by atoms with E-state index in [0.717, 1.165) is 5.47 Å². The topological polar surface area (TPSA) is 59.0 Å². The number of thiol groups is 2. The highest BCUT2D eigenvalue weighted by atomic mass is 33.1. The van der Waals surface area contributed by atoms with Crippen molar-refractivity contribution in [1.29, 1.82) is 0 Å². The first kappa shape index (κ1) is 23.7. The first-order chi connectivity index (χ1) is 10.8. The molecule has 1 rings (SSSR count). The Morgan fingerprint density at radius 3 is 2.12 bits per heavy atom. The molecule has 1 N–H and O–H groups in total. The Kier molecular flexibility index (Phi) is 9.29. The molecule has 1 amide bonds. The Hall–Kier alpha value is -0.305. The molecule has 1 aliphatic rings. The molecule has 1 aliphatic heterocycles. The molecule has 0 aromatic carbocycles. The van der Waals surface area contributed by atoms with Crippen LogP contribution in [-0.2, 0) is 9.39 Å². The van der Waals surface area contributed by atoms with E-state index in [9.17, 15) is 9.90 Å². The summed E-state index contributed by atoms with van der Waals surface area (Å²) in [6.45, 7) is 13.8. The van der Waals surface area contributed by atoms with E-state index >= 15 is 0 Å². The van der Waals surface area contributed by atoms with Gasteiger partial charge in [-0.2, -0.15) is 0 Å². The highest BCUT2D eigenvalue weighted by Crippen LogP contribution is 2.25. The molecule has 0 aliphatic carbocycles. The van der Waals surface area contributed by atoms with E-state index in [4.69, 9.17) is 9.39 Å². The number of aliphatic hydroxyl groups is 1. The van der Waals surface area contributed by atoms with Gasteiger partial charge in [0.1, 0.15) is 5.60 Å². The zero-order chi connectivity index (χ0) is 19.2. The molecule has 0 spiro atoms. The van der Waals surface area contributed by atoms with Crippen LogP contribution in [0.5, 0.6) is 0 Å². The van der Waals surface area contributed by atoms with E-state index in [1.807, 2.05) is 40.7 Å². The summed E-state index contributed by atoms with van der Waals surface area (Å²) in [6, 6.07) is 0. The lowest BCUT2D eigenvalue weighted by atomic mass is 9.79. The summed E-state index contributed by atoms with van der Waals surface area (Å²) < 4.78 is 11.1. The third kappa shape index (κ3) is 8.18. The molecule has 0 saturated heterocycles. The fraction of sp³-hybridized carbons (Fsp3) is 0.812. The van der Waals surface area contributed by atoms with E-state index in [0.29, 0.717) is 19.5 Å². The molecule has 139 valence electrons. The van der Waals surface area contributed by atoms with Crippen molar-refractivity contribution in [2.45, 2.75) is 71.7 Å². The molecule has 0 aromatic rings. The molecule has 0 atom stereocenters. The molecule has 0 aromatic heterocycles. The maximum Gasteiger partial charge on any atom is 0.410 e. The van der Waals surface area contributed by atoms with Gasteiger partial charge in [-0.3, -0.25) is 0 Å². The normalized spacial score (nSPS) is 15.9. The van der Waals surface area contributed by atoms with Crippen molar-refractivity contribution in [1.82, 2.24) is 4.90 Å². The SMILES string of the molecule is CC(C)(C)OC(=O)N1CC=C([B]OC(C)(C)C(C)(C)O)CC1.SS. The Morgan fingerprint density at radius 2 is 1.75 bits per heavy atom. The number of amides is 1. The number of ether oxygens (including phenoxy) is 1. The summed E-state index contributed by atoms with van der Waals surface area (Å²) in [4.78, 5) is 13.6. The van der Waals surface area contributed by atoms with Gasteiger partial charge in [0.2, 0.25) is 0 Å². The molecule has 0 bridgehead atoms. The molecule has 24 heavy (non-hydrogen) atoms. The van der Waals surface area contributed by atoms with Crippen molar-refractivity contribution < 1.29 is 19.3 Å². The second kappa shape index (κ2) is 9.41. The van der Waals surface area contributed by atoms with Crippen LogP contribution in [0.3, 0.4) is 0 Å². The fourth-order valence-corrected chi connectivity index (χ4v) is 1.65. The smallest absolute Gasteiger partial charge is 0.410 e. The summed E-state index contributed by atoms with van der Waals surface area (Å²) in [6.07, 6.45) is 2.37. The summed E-state index contributed by atoms with van der Waals surface area (Å²) in [5.74, 6) is 0. The van der Waals surface area contributed by atoms with Crippen LogP contribution in [0.2, 0.25) is 0 Å². The number of hydrogen-bond acceptors (Lipinski definition) is 6. The van der Waals surface area contributed by atoms with Crippen LogP contribution in [0.25, 0.3) is 0 Å². The third-order valence-corrected chi connectivity index (χ3v) is 3.87. The number of nitrogens with zero attached hydrogens (tertiary/aromatic N) is 1. The lowest BCUT2D eigenvalue weighted by Crippen LogP contribution is -2.48. The van der Waals surface area contributed by atoms with Gasteiger partial charge < -0.3 is 19.4 Å². The zero-order valence-corrected chi connectivity index (χ0v) is 17.6. The molecular weight excluding hydrogens is 345 g/mol. The largest absolute Gasteiger partial charge is 0.444 e. The Balaban J connectivity index is 0.00000254. The van der Waals surface area contributed by atoms with Gasteiger partial charge in [-0.05, 0) is 54.9 Å². The first-order valence-corrected chi connectivity index (χ1v) is 9.52. The van der Waals surface area contributed by atoms with E-state index in [1.54, 1.807) is 26.2 Å². The van der Waals surface area contributed by atoms with Crippen LogP contribution in [0.1, 0.15) is 54.9 Å². The van der Waals surface area contributed by atoms with Crippen molar-refractivity contribution in [2.24, 2.45) is 0 Å². The minimum atomic E-state index is -0.943. The van der Waals surface area contributed by atoms with Gasteiger partial charge in [0.25, 0.3) is 0 Å². The van der Waals surface area contributed by atoms with Gasteiger partial charge in [-0.25, -0.2) is 4.79 Å². The minimum Gasteiger partial charge on any atom is -0.444 e. The maximum atomic E-state index is 12.0. The van der Waals surface area contributed by atoms with Crippen molar-refractivity contribution in [3.05, 3.63) is 11.5 Å². The van der Waals surface area contributed by atoms with Gasteiger partial charge in [0.05, 0.1) is 11.2 Å². The number of carbonyl (C=O) groups is 1. The van der Waals surface area contributed by atoms with Crippen LogP contribution in [0.4, 0.5) is 4.79 Å². The van der Waals surface area contributed by atoms with E-state index in [2.05, 4.69) is 23.3 Å². The highest BCUT2D eigenvalue weighted by Gasteiger charge is 2.36. The first-order valence-electron chi connectivity index (χ1n) is 7.92.